The summed E-state index contributed by atoms with van der Waals surface area (Å²) in [4.78, 5) is 22.8. The van der Waals surface area contributed by atoms with E-state index in [1.165, 1.54) is 6.07 Å². The largest absolute Gasteiger partial charge is 0.435 e. The highest BCUT2D eigenvalue weighted by molar-refractivity contribution is 5.88. The van der Waals surface area contributed by atoms with E-state index in [1.54, 1.807) is 18.5 Å². The second-order valence-corrected chi connectivity index (χ2v) is 8.92. The highest BCUT2D eigenvalue weighted by Crippen LogP contribution is 2.38. The Morgan fingerprint density at radius 2 is 1.88 bits per heavy atom. The summed E-state index contributed by atoms with van der Waals surface area (Å²) in [5, 5.41) is 1.04. The smallest absolute Gasteiger partial charge is 0.387 e. The van der Waals surface area contributed by atoms with Gasteiger partial charge in [0.1, 0.15) is 29.4 Å². The summed E-state index contributed by atoms with van der Waals surface area (Å²) in [7, 11) is 0. The third kappa shape index (κ3) is 4.03. The summed E-state index contributed by atoms with van der Waals surface area (Å²) >= 11 is 0. The molecule has 0 amide bonds. The van der Waals surface area contributed by atoms with Gasteiger partial charge < -0.3 is 19.6 Å². The van der Waals surface area contributed by atoms with Crippen LogP contribution in [0, 0.1) is 13.8 Å². The Kier molecular flexibility index (Phi) is 5.26. The van der Waals surface area contributed by atoms with Crippen LogP contribution in [0.4, 0.5) is 14.6 Å². The minimum Gasteiger partial charge on any atom is -0.435 e. The molecular weight excluding hydrogens is 426 g/mol. The van der Waals surface area contributed by atoms with E-state index >= 15 is 0 Å². The van der Waals surface area contributed by atoms with Crippen molar-refractivity contribution in [2.45, 2.75) is 45.6 Å². The van der Waals surface area contributed by atoms with E-state index in [-0.39, 0.29) is 11.2 Å². The highest BCUT2D eigenvalue weighted by atomic mass is 19.3. The fourth-order valence-electron chi connectivity index (χ4n) is 4.61. The summed E-state index contributed by atoms with van der Waals surface area (Å²) in [5.74, 6) is 2.00. The minimum absolute atomic E-state index is 0.127. The van der Waals surface area contributed by atoms with Crippen LogP contribution in [0.2, 0.25) is 0 Å². The fourth-order valence-corrected chi connectivity index (χ4v) is 4.61. The Labute approximate surface area is 190 Å². The molecule has 33 heavy (non-hydrogen) atoms. The first kappa shape index (κ1) is 21.4. The molecule has 4 heterocycles. The number of aromatic nitrogens is 5. The fraction of sp³-hybridized carbons (Fsp3) is 0.375. The third-order valence-corrected chi connectivity index (χ3v) is 6.49. The number of hydrogen-bond acceptors (Lipinski definition) is 5. The van der Waals surface area contributed by atoms with Crippen molar-refractivity contribution >= 4 is 16.9 Å². The molecule has 9 heteroatoms. The number of anilines is 1. The molecule has 0 radical (unpaired) electrons. The van der Waals surface area contributed by atoms with Crippen molar-refractivity contribution in [2.24, 2.45) is 0 Å². The van der Waals surface area contributed by atoms with Gasteiger partial charge in [-0.15, -0.1) is 0 Å². The lowest BCUT2D eigenvalue weighted by atomic mass is 9.79. The number of aryl methyl sites for hydroxylation is 2. The Morgan fingerprint density at radius 3 is 2.64 bits per heavy atom. The van der Waals surface area contributed by atoms with Crippen LogP contribution in [0.25, 0.3) is 22.3 Å². The molecule has 5 rings (SSSR count). The molecule has 0 saturated carbocycles. The van der Waals surface area contributed by atoms with Gasteiger partial charge in [0.25, 0.3) is 0 Å². The predicted octanol–water partition coefficient (Wildman–Crippen LogP) is 5.12. The molecule has 0 aliphatic carbocycles. The third-order valence-electron chi connectivity index (χ3n) is 6.49. The number of halogens is 2. The Hall–Kier alpha value is -3.49. The average Bonchev–Trinajstić information content (AvgIpc) is 3.36. The number of rotatable bonds is 5. The topological polar surface area (TPSA) is 82.7 Å². The van der Waals surface area contributed by atoms with E-state index in [4.69, 9.17) is 4.98 Å². The maximum Gasteiger partial charge on any atom is 0.387 e. The van der Waals surface area contributed by atoms with E-state index in [0.29, 0.717) is 0 Å². The number of fused-ring (bicyclic) bond motifs is 1. The molecular formula is C24H26F2N6O. The zero-order valence-corrected chi connectivity index (χ0v) is 18.8. The van der Waals surface area contributed by atoms with E-state index in [9.17, 15) is 8.78 Å². The second-order valence-electron chi connectivity index (χ2n) is 8.92. The molecule has 0 spiro atoms. The number of hydrogen-bond donors (Lipinski definition) is 2. The number of nitrogens with one attached hydrogen (secondary N) is 2. The molecule has 3 aromatic heterocycles. The average molecular weight is 453 g/mol. The van der Waals surface area contributed by atoms with Crippen molar-refractivity contribution in [1.29, 1.82) is 0 Å². The maximum absolute atomic E-state index is 12.6. The summed E-state index contributed by atoms with van der Waals surface area (Å²) in [6.45, 7) is 5.03. The lowest BCUT2D eigenvalue weighted by Crippen LogP contribution is -2.42. The van der Waals surface area contributed by atoms with Crippen LogP contribution in [0.15, 0.2) is 36.7 Å². The zero-order chi connectivity index (χ0) is 23.2. The molecule has 2 N–H and O–H groups in total. The predicted molar refractivity (Wildman–Crippen MR) is 123 cm³/mol. The van der Waals surface area contributed by atoms with Crippen molar-refractivity contribution in [3.05, 3.63) is 53.9 Å². The quantitative estimate of drug-likeness (QED) is 0.439. The van der Waals surface area contributed by atoms with Crippen LogP contribution >= 0.6 is 0 Å². The molecule has 1 aliphatic rings. The van der Waals surface area contributed by atoms with Gasteiger partial charge in [0.2, 0.25) is 0 Å². The summed E-state index contributed by atoms with van der Waals surface area (Å²) < 4.78 is 29.8. The summed E-state index contributed by atoms with van der Waals surface area (Å²) in [5.41, 5.74) is 4.21. The molecule has 0 bridgehead atoms. The van der Waals surface area contributed by atoms with Crippen LogP contribution in [0.1, 0.15) is 37.0 Å². The lowest BCUT2D eigenvalue weighted by Gasteiger charge is -2.38. The highest BCUT2D eigenvalue weighted by Gasteiger charge is 2.36. The first-order valence-electron chi connectivity index (χ1n) is 11.0. The van der Waals surface area contributed by atoms with Gasteiger partial charge in [-0.1, -0.05) is 19.1 Å². The van der Waals surface area contributed by atoms with E-state index in [2.05, 4.69) is 42.6 Å². The summed E-state index contributed by atoms with van der Waals surface area (Å²) in [6, 6.07) is 8.77. The monoisotopic (exact) mass is 452 g/mol. The molecule has 0 atom stereocenters. The number of imidazole rings is 1. The number of ether oxygens (including phenoxy) is 1. The van der Waals surface area contributed by atoms with Gasteiger partial charge in [-0.25, -0.2) is 15.0 Å². The van der Waals surface area contributed by atoms with Gasteiger partial charge in [0.15, 0.2) is 0 Å². The number of alkyl halides is 2. The number of aromatic amines is 2. The minimum atomic E-state index is -2.86. The number of nitrogens with zero attached hydrogens (tertiary/aromatic N) is 4. The molecule has 0 unspecified atom stereocenters. The molecule has 172 valence electrons. The van der Waals surface area contributed by atoms with Crippen molar-refractivity contribution < 1.29 is 13.5 Å². The standard InChI is InChI=1S/C24H26F2N6O/c1-14-11-18-20(29-14)27-13-28-21(18)32-9-7-24(3,8-10-32)22-30-15(2)19(31-22)16-5-4-6-17(12-16)33-23(25)26/h4-6,11-13,23H,7-10H2,1-3H3,(H,30,31)(H,27,28,29). The van der Waals surface area contributed by atoms with Crippen molar-refractivity contribution in [3.8, 4) is 17.0 Å². The van der Waals surface area contributed by atoms with E-state index < -0.39 is 6.61 Å². The SMILES string of the molecule is Cc1cc2c(N3CCC(C)(c4nc(-c5cccc(OC(F)F)c5)c(C)[nH]4)CC3)ncnc2[nH]1. The van der Waals surface area contributed by atoms with Gasteiger partial charge in [0.05, 0.1) is 11.1 Å². The van der Waals surface area contributed by atoms with Gasteiger partial charge >= 0.3 is 6.61 Å². The van der Waals surface area contributed by atoms with Crippen LogP contribution in [0.5, 0.6) is 5.75 Å². The molecule has 1 aromatic carbocycles. The van der Waals surface area contributed by atoms with Crippen LogP contribution in [-0.2, 0) is 5.41 Å². The van der Waals surface area contributed by atoms with E-state index in [1.807, 2.05) is 19.9 Å². The lowest BCUT2D eigenvalue weighted by molar-refractivity contribution is -0.0498. The number of H-pyrrole nitrogens is 2. The van der Waals surface area contributed by atoms with Crippen molar-refractivity contribution in [1.82, 2.24) is 24.9 Å². The number of piperidine rings is 1. The van der Waals surface area contributed by atoms with Gasteiger partial charge in [0, 0.05) is 35.5 Å². The van der Waals surface area contributed by atoms with Crippen molar-refractivity contribution in [2.75, 3.05) is 18.0 Å². The van der Waals surface area contributed by atoms with Gasteiger partial charge in [-0.3, -0.25) is 0 Å². The normalized spacial score (nSPS) is 16.0. The Morgan fingerprint density at radius 1 is 1.09 bits per heavy atom. The van der Waals surface area contributed by atoms with Gasteiger partial charge in [-0.05, 0) is 44.9 Å². The molecule has 1 fully saturated rings. The van der Waals surface area contributed by atoms with Crippen LogP contribution < -0.4 is 9.64 Å². The van der Waals surface area contributed by atoms with Gasteiger partial charge in [-0.2, -0.15) is 8.78 Å². The van der Waals surface area contributed by atoms with Crippen LogP contribution in [-0.4, -0.2) is 44.6 Å². The second kappa shape index (κ2) is 8.13. The molecule has 1 saturated heterocycles. The molecule has 1 aliphatic heterocycles. The Bertz CT molecular complexity index is 1290. The van der Waals surface area contributed by atoms with Crippen molar-refractivity contribution in [3.63, 3.8) is 0 Å². The molecule has 7 nitrogen and oxygen atoms in total. The van der Waals surface area contributed by atoms with Crippen LogP contribution in [0.3, 0.4) is 0 Å². The first-order valence-corrected chi connectivity index (χ1v) is 11.0. The Balaban J connectivity index is 1.37. The molecule has 4 aromatic rings. The zero-order valence-electron chi connectivity index (χ0n) is 18.8. The first-order chi connectivity index (χ1) is 15.8. The maximum atomic E-state index is 12.6. The number of benzene rings is 1. The summed E-state index contributed by atoms with van der Waals surface area (Å²) in [6.07, 6.45) is 3.42. The van der Waals surface area contributed by atoms with E-state index in [0.717, 1.165) is 71.3 Å².